The van der Waals surface area contributed by atoms with Crippen LogP contribution in [0.5, 0.6) is 0 Å². The number of carboxylic acid groups (broad SMARTS) is 1. The van der Waals surface area contributed by atoms with Gasteiger partial charge in [0.2, 0.25) is 0 Å². The summed E-state index contributed by atoms with van der Waals surface area (Å²) in [5.74, 6) is -2.01. The Balaban J connectivity index is 2.08. The zero-order chi connectivity index (χ0) is 15.8. The molecule has 0 fully saturated rings. The van der Waals surface area contributed by atoms with Gasteiger partial charge in [-0.1, -0.05) is 6.07 Å². The first-order chi connectivity index (χ1) is 9.67. The average Bonchev–Trinajstić information content (AvgIpc) is 2.69. The van der Waals surface area contributed by atoms with Crippen molar-refractivity contribution in [3.05, 3.63) is 34.6 Å². The summed E-state index contributed by atoms with van der Waals surface area (Å²) in [6.07, 6.45) is 0.173. The van der Waals surface area contributed by atoms with Crippen LogP contribution in [-0.2, 0) is 17.6 Å². The number of alkyl carbamates (subject to hydrolysis) is 1. The standard InChI is InChI=1S/C15H18FNO4/c1-15(2,3)21-14(20)17-9-6-8-4-5-10(13(18)19)12(16)11(8)7-9/h4-5,9H,6-7H2,1-3H3,(H,17,20)(H,18,19). The molecule has 0 aromatic heterocycles. The fourth-order valence-corrected chi connectivity index (χ4v) is 2.40. The Morgan fingerprint density at radius 2 is 2.00 bits per heavy atom. The number of carboxylic acids is 1. The number of nitrogens with one attached hydrogen (secondary N) is 1. The molecule has 21 heavy (non-hydrogen) atoms. The van der Waals surface area contributed by atoms with Crippen molar-refractivity contribution in [2.75, 3.05) is 0 Å². The van der Waals surface area contributed by atoms with E-state index in [9.17, 15) is 14.0 Å². The van der Waals surface area contributed by atoms with Crippen molar-refractivity contribution >= 4 is 12.1 Å². The normalized spacial score (nSPS) is 17.2. The lowest BCUT2D eigenvalue weighted by molar-refractivity contribution is 0.0505. The van der Waals surface area contributed by atoms with Crippen LogP contribution in [0.3, 0.4) is 0 Å². The zero-order valence-electron chi connectivity index (χ0n) is 12.2. The molecule has 0 bridgehead atoms. The van der Waals surface area contributed by atoms with Gasteiger partial charge >= 0.3 is 12.1 Å². The highest BCUT2D eigenvalue weighted by atomic mass is 19.1. The second kappa shape index (κ2) is 5.35. The predicted octanol–water partition coefficient (Wildman–Crippen LogP) is 2.52. The molecule has 1 unspecified atom stereocenters. The average molecular weight is 295 g/mol. The maximum atomic E-state index is 14.1. The number of fused-ring (bicyclic) bond motifs is 1. The number of carbonyl (C=O) groups excluding carboxylic acids is 1. The van der Waals surface area contributed by atoms with Crippen LogP contribution in [0, 0.1) is 5.82 Å². The minimum absolute atomic E-state index is 0.265. The summed E-state index contributed by atoms with van der Waals surface area (Å²) in [6.45, 7) is 5.28. The largest absolute Gasteiger partial charge is 0.478 e. The van der Waals surface area contributed by atoms with Crippen molar-refractivity contribution in [2.45, 2.75) is 45.3 Å². The number of halogens is 1. The molecule has 0 spiro atoms. The number of amides is 1. The van der Waals surface area contributed by atoms with Crippen molar-refractivity contribution in [3.63, 3.8) is 0 Å². The third-order valence-corrected chi connectivity index (χ3v) is 3.21. The number of aromatic carboxylic acids is 1. The SMILES string of the molecule is CC(C)(C)OC(=O)NC1Cc2ccc(C(=O)O)c(F)c2C1. The molecule has 0 aliphatic heterocycles. The molecule has 114 valence electrons. The minimum Gasteiger partial charge on any atom is -0.478 e. The zero-order valence-corrected chi connectivity index (χ0v) is 12.2. The number of ether oxygens (including phenoxy) is 1. The Morgan fingerprint density at radius 1 is 1.33 bits per heavy atom. The Kier molecular flexibility index (Phi) is 3.89. The lowest BCUT2D eigenvalue weighted by Gasteiger charge is -2.21. The summed E-state index contributed by atoms with van der Waals surface area (Å²) in [7, 11) is 0. The van der Waals surface area contributed by atoms with Crippen LogP contribution in [0.1, 0.15) is 42.3 Å². The van der Waals surface area contributed by atoms with Gasteiger partial charge in [0, 0.05) is 6.04 Å². The van der Waals surface area contributed by atoms with E-state index in [0.717, 1.165) is 5.56 Å². The molecule has 6 heteroatoms. The van der Waals surface area contributed by atoms with E-state index in [4.69, 9.17) is 9.84 Å². The van der Waals surface area contributed by atoms with E-state index in [1.165, 1.54) is 6.07 Å². The Bertz CT molecular complexity index is 592. The molecule has 0 heterocycles. The fourth-order valence-electron chi connectivity index (χ4n) is 2.40. The van der Waals surface area contributed by atoms with Gasteiger partial charge in [-0.2, -0.15) is 0 Å². The highest BCUT2D eigenvalue weighted by Crippen LogP contribution is 2.27. The molecule has 0 radical (unpaired) electrons. The van der Waals surface area contributed by atoms with Gasteiger partial charge in [0.1, 0.15) is 11.4 Å². The number of hydrogen-bond donors (Lipinski definition) is 2. The van der Waals surface area contributed by atoms with E-state index >= 15 is 0 Å². The lowest BCUT2D eigenvalue weighted by Crippen LogP contribution is -2.39. The molecule has 2 N–H and O–H groups in total. The monoisotopic (exact) mass is 295 g/mol. The molecule has 1 aromatic carbocycles. The first-order valence-electron chi connectivity index (χ1n) is 6.70. The summed E-state index contributed by atoms with van der Waals surface area (Å²) in [6, 6.07) is 2.57. The highest BCUT2D eigenvalue weighted by Gasteiger charge is 2.29. The molecule has 0 saturated carbocycles. The van der Waals surface area contributed by atoms with Gasteiger partial charge in [-0.3, -0.25) is 0 Å². The smallest absolute Gasteiger partial charge is 0.407 e. The van der Waals surface area contributed by atoms with Crippen molar-refractivity contribution in [2.24, 2.45) is 0 Å². The summed E-state index contributed by atoms with van der Waals surface area (Å²) in [4.78, 5) is 22.6. The molecule has 1 atom stereocenters. The maximum absolute atomic E-state index is 14.1. The van der Waals surface area contributed by atoms with E-state index in [-0.39, 0.29) is 18.0 Å². The van der Waals surface area contributed by atoms with Crippen LogP contribution >= 0.6 is 0 Å². The fraction of sp³-hybridized carbons (Fsp3) is 0.467. The number of benzene rings is 1. The van der Waals surface area contributed by atoms with Crippen LogP contribution < -0.4 is 5.32 Å². The van der Waals surface area contributed by atoms with Crippen LogP contribution in [0.15, 0.2) is 12.1 Å². The van der Waals surface area contributed by atoms with E-state index in [0.29, 0.717) is 12.0 Å². The van der Waals surface area contributed by atoms with Gasteiger partial charge in [-0.05, 0) is 50.8 Å². The number of carbonyl (C=O) groups is 2. The van der Waals surface area contributed by atoms with Crippen LogP contribution in [0.25, 0.3) is 0 Å². The van der Waals surface area contributed by atoms with Crippen molar-refractivity contribution in [1.29, 1.82) is 0 Å². The van der Waals surface area contributed by atoms with E-state index < -0.39 is 23.5 Å². The molecule has 1 aromatic rings. The van der Waals surface area contributed by atoms with E-state index in [1.807, 2.05) is 0 Å². The first-order valence-corrected chi connectivity index (χ1v) is 6.70. The third kappa shape index (κ3) is 3.51. The maximum Gasteiger partial charge on any atom is 0.407 e. The Hall–Kier alpha value is -2.11. The molecule has 1 amide bonds. The molecule has 2 rings (SSSR count). The highest BCUT2D eigenvalue weighted by molar-refractivity contribution is 5.88. The van der Waals surface area contributed by atoms with Crippen molar-refractivity contribution < 1.29 is 23.8 Å². The van der Waals surface area contributed by atoms with Gasteiger partial charge in [0.15, 0.2) is 0 Å². The summed E-state index contributed by atoms with van der Waals surface area (Å²) in [5.41, 5.74) is 0.137. The van der Waals surface area contributed by atoms with Crippen LogP contribution in [-0.4, -0.2) is 28.8 Å². The summed E-state index contributed by atoms with van der Waals surface area (Å²) < 4.78 is 19.2. The van der Waals surface area contributed by atoms with E-state index in [2.05, 4.69) is 5.32 Å². The molecule has 1 aliphatic rings. The Labute approximate surface area is 122 Å². The summed E-state index contributed by atoms with van der Waals surface area (Å²) >= 11 is 0. The quantitative estimate of drug-likeness (QED) is 0.879. The van der Waals surface area contributed by atoms with Crippen molar-refractivity contribution in [3.8, 4) is 0 Å². The lowest BCUT2D eigenvalue weighted by atomic mass is 10.1. The van der Waals surface area contributed by atoms with Crippen LogP contribution in [0.4, 0.5) is 9.18 Å². The van der Waals surface area contributed by atoms with Gasteiger partial charge < -0.3 is 15.2 Å². The first kappa shape index (κ1) is 15.3. The summed E-state index contributed by atoms with van der Waals surface area (Å²) in [5, 5.41) is 11.6. The van der Waals surface area contributed by atoms with Gasteiger partial charge in [-0.25, -0.2) is 14.0 Å². The molecular formula is C15H18FNO4. The Morgan fingerprint density at radius 3 is 2.57 bits per heavy atom. The van der Waals surface area contributed by atoms with Crippen molar-refractivity contribution in [1.82, 2.24) is 5.32 Å². The predicted molar refractivity (Wildman–Crippen MR) is 73.9 cm³/mol. The van der Waals surface area contributed by atoms with Gasteiger partial charge in [-0.15, -0.1) is 0 Å². The topological polar surface area (TPSA) is 75.6 Å². The molecule has 5 nitrogen and oxygen atoms in total. The van der Waals surface area contributed by atoms with E-state index in [1.54, 1.807) is 26.8 Å². The second-order valence-electron chi connectivity index (χ2n) is 6.12. The van der Waals surface area contributed by atoms with Crippen LogP contribution in [0.2, 0.25) is 0 Å². The number of rotatable bonds is 2. The van der Waals surface area contributed by atoms with Gasteiger partial charge in [0.05, 0.1) is 5.56 Å². The molecular weight excluding hydrogens is 277 g/mol. The third-order valence-electron chi connectivity index (χ3n) is 3.21. The number of hydrogen-bond acceptors (Lipinski definition) is 3. The molecule has 0 saturated heterocycles. The molecule has 1 aliphatic carbocycles. The van der Waals surface area contributed by atoms with Gasteiger partial charge in [0.25, 0.3) is 0 Å². The minimum atomic E-state index is -1.29. The second-order valence-corrected chi connectivity index (χ2v) is 6.12.